The van der Waals surface area contributed by atoms with E-state index in [1.54, 1.807) is 13.0 Å². The zero-order valence-electron chi connectivity index (χ0n) is 14.0. The molecular weight excluding hydrogens is 322 g/mol. The van der Waals surface area contributed by atoms with E-state index in [0.29, 0.717) is 0 Å². The van der Waals surface area contributed by atoms with Gasteiger partial charge in [-0.05, 0) is 31.1 Å². The van der Waals surface area contributed by atoms with Crippen LogP contribution in [0.25, 0.3) is 0 Å². The van der Waals surface area contributed by atoms with Crippen LogP contribution in [-0.2, 0) is 11.3 Å². The number of rotatable bonds is 5. The third-order valence-electron chi connectivity index (χ3n) is 4.94. The lowest BCUT2D eigenvalue weighted by Gasteiger charge is -2.16. The molecule has 0 saturated heterocycles. The van der Waals surface area contributed by atoms with Crippen LogP contribution in [0.2, 0.25) is 0 Å². The molecule has 1 saturated carbocycles. The molecule has 1 aliphatic carbocycles. The number of hydrogen-bond acceptors (Lipinski definition) is 2. The fourth-order valence-electron chi connectivity index (χ4n) is 3.36. The zero-order valence-corrected chi connectivity index (χ0v) is 14.0. The van der Waals surface area contributed by atoms with Gasteiger partial charge in [0, 0.05) is 11.6 Å². The Hall–Kier alpha value is -1.87. The maximum Gasteiger partial charge on any atom is 0.167 e. The van der Waals surface area contributed by atoms with Crippen LogP contribution in [0.3, 0.4) is 0 Å². The summed E-state index contributed by atoms with van der Waals surface area (Å²) in [4.78, 5) is 0. The summed E-state index contributed by atoms with van der Waals surface area (Å²) in [7, 11) is 0. The van der Waals surface area contributed by atoms with Crippen LogP contribution in [0.5, 0.6) is 0 Å². The van der Waals surface area contributed by atoms with E-state index in [4.69, 9.17) is 10.00 Å². The second-order valence-corrected chi connectivity index (χ2v) is 6.74. The molecule has 24 heavy (non-hydrogen) atoms. The summed E-state index contributed by atoms with van der Waals surface area (Å²) in [5.41, 5.74) is -1.55. The molecule has 2 rings (SSSR count). The summed E-state index contributed by atoms with van der Waals surface area (Å²) < 4.78 is 60.3. The summed E-state index contributed by atoms with van der Waals surface area (Å²) in [5, 5.41) is 8.60. The molecule has 0 N–H and O–H groups in total. The Morgan fingerprint density at radius 1 is 1.17 bits per heavy atom. The summed E-state index contributed by atoms with van der Waals surface area (Å²) >= 11 is 0. The number of nitriles is 1. The van der Waals surface area contributed by atoms with Crippen LogP contribution in [0.15, 0.2) is 12.2 Å². The first kappa shape index (κ1) is 18.5. The van der Waals surface area contributed by atoms with Crippen LogP contribution in [0.1, 0.15) is 31.9 Å². The molecule has 3 atom stereocenters. The Bertz CT molecular complexity index is 692. The number of halogens is 4. The van der Waals surface area contributed by atoms with Crippen LogP contribution in [-0.4, -0.2) is 6.10 Å². The second-order valence-electron chi connectivity index (χ2n) is 6.74. The molecule has 0 aliphatic heterocycles. The largest absolute Gasteiger partial charge is 0.373 e. The van der Waals surface area contributed by atoms with E-state index in [1.807, 2.05) is 19.9 Å². The van der Waals surface area contributed by atoms with E-state index in [2.05, 4.69) is 0 Å². The highest BCUT2D eigenvalue weighted by Crippen LogP contribution is 2.61. The van der Waals surface area contributed by atoms with E-state index in [0.717, 1.165) is 6.92 Å². The number of nitrogens with zero attached hydrogens (tertiary/aromatic N) is 1. The Morgan fingerprint density at radius 2 is 1.71 bits per heavy atom. The molecular formula is C18H19F4NO. The van der Waals surface area contributed by atoms with Gasteiger partial charge in [0.15, 0.2) is 23.3 Å². The Balaban J connectivity index is 2.13. The van der Waals surface area contributed by atoms with E-state index < -0.39 is 41.0 Å². The normalized spacial score (nSPS) is 23.3. The van der Waals surface area contributed by atoms with Crippen molar-refractivity contribution in [2.75, 3.05) is 0 Å². The maximum absolute atomic E-state index is 13.9. The van der Waals surface area contributed by atoms with Crippen molar-refractivity contribution in [3.8, 4) is 6.07 Å². The molecule has 1 aromatic carbocycles. The van der Waals surface area contributed by atoms with Crippen LogP contribution in [0.4, 0.5) is 17.6 Å². The SMILES string of the molecule is Cc1c(F)c(F)c(COC(C)C2C(/C=C\C#N)C2(C)C)c(F)c1F. The predicted octanol–water partition coefficient (Wildman–Crippen LogP) is 4.81. The third kappa shape index (κ3) is 3.05. The summed E-state index contributed by atoms with van der Waals surface area (Å²) in [5.74, 6) is -5.49. The Kier molecular flexibility index (Phi) is 5.05. The van der Waals surface area contributed by atoms with Gasteiger partial charge in [-0.15, -0.1) is 0 Å². The molecule has 6 heteroatoms. The highest BCUT2D eigenvalue weighted by Gasteiger charge is 2.58. The lowest BCUT2D eigenvalue weighted by atomic mass is 10.1. The van der Waals surface area contributed by atoms with E-state index in [1.165, 1.54) is 6.08 Å². The van der Waals surface area contributed by atoms with Crippen molar-refractivity contribution in [3.05, 3.63) is 46.5 Å². The molecule has 0 spiro atoms. The van der Waals surface area contributed by atoms with Gasteiger partial charge in [-0.1, -0.05) is 19.9 Å². The molecule has 2 nitrogen and oxygen atoms in total. The van der Waals surface area contributed by atoms with Crippen LogP contribution < -0.4 is 0 Å². The van der Waals surface area contributed by atoms with Crippen molar-refractivity contribution in [1.82, 2.24) is 0 Å². The van der Waals surface area contributed by atoms with Crippen molar-refractivity contribution in [1.29, 1.82) is 5.26 Å². The first-order valence-electron chi connectivity index (χ1n) is 7.63. The van der Waals surface area contributed by atoms with Gasteiger partial charge in [-0.25, -0.2) is 17.6 Å². The molecule has 0 radical (unpaired) electrons. The minimum Gasteiger partial charge on any atom is -0.373 e. The monoisotopic (exact) mass is 341 g/mol. The van der Waals surface area contributed by atoms with Gasteiger partial charge in [0.1, 0.15) is 0 Å². The van der Waals surface area contributed by atoms with E-state index in [-0.39, 0.29) is 23.4 Å². The highest BCUT2D eigenvalue weighted by molar-refractivity contribution is 5.28. The van der Waals surface area contributed by atoms with Gasteiger partial charge in [-0.2, -0.15) is 5.26 Å². The number of hydrogen-bond donors (Lipinski definition) is 0. The second kappa shape index (κ2) is 6.56. The average molecular weight is 341 g/mol. The summed E-state index contributed by atoms with van der Waals surface area (Å²) in [6, 6.07) is 1.92. The summed E-state index contributed by atoms with van der Waals surface area (Å²) in [6.45, 7) is 6.15. The van der Waals surface area contributed by atoms with Crippen LogP contribution >= 0.6 is 0 Å². The number of ether oxygens (including phenoxy) is 1. The fourth-order valence-corrected chi connectivity index (χ4v) is 3.36. The molecule has 1 aliphatic rings. The van der Waals surface area contributed by atoms with Crippen molar-refractivity contribution in [3.63, 3.8) is 0 Å². The Labute approximate surface area is 138 Å². The van der Waals surface area contributed by atoms with Gasteiger partial charge < -0.3 is 4.74 Å². The van der Waals surface area contributed by atoms with Gasteiger partial charge in [0.25, 0.3) is 0 Å². The molecule has 130 valence electrons. The third-order valence-corrected chi connectivity index (χ3v) is 4.94. The van der Waals surface area contributed by atoms with Crippen molar-refractivity contribution >= 4 is 0 Å². The zero-order chi connectivity index (χ0) is 18.2. The smallest absolute Gasteiger partial charge is 0.167 e. The number of allylic oxidation sites excluding steroid dienone is 2. The molecule has 1 fully saturated rings. The summed E-state index contributed by atoms with van der Waals surface area (Å²) in [6.07, 6.45) is 2.78. The van der Waals surface area contributed by atoms with Crippen molar-refractivity contribution in [2.24, 2.45) is 17.3 Å². The average Bonchev–Trinajstić information content (AvgIpc) is 3.09. The standard InChI is InChI=1S/C18H19F4NO/c1-9-14(19)16(21)11(17(22)15(9)20)8-24-10(2)13-12(6-5-7-23)18(13,3)4/h5-6,10,12-13H,8H2,1-4H3/b6-5-. The fraction of sp³-hybridized carbons (Fsp3) is 0.500. The molecule has 3 unspecified atom stereocenters. The van der Waals surface area contributed by atoms with Crippen LogP contribution in [0, 0.1) is 58.8 Å². The number of benzene rings is 1. The van der Waals surface area contributed by atoms with Gasteiger partial charge >= 0.3 is 0 Å². The maximum atomic E-state index is 13.9. The van der Waals surface area contributed by atoms with Gasteiger partial charge in [0.05, 0.1) is 24.3 Å². The van der Waals surface area contributed by atoms with Gasteiger partial charge in [0.2, 0.25) is 0 Å². The molecule has 0 amide bonds. The molecule has 1 aromatic rings. The topological polar surface area (TPSA) is 33.0 Å². The van der Waals surface area contributed by atoms with Crippen molar-refractivity contribution < 1.29 is 22.3 Å². The quantitative estimate of drug-likeness (QED) is 0.437. The molecule has 0 heterocycles. The van der Waals surface area contributed by atoms with E-state index in [9.17, 15) is 17.6 Å². The van der Waals surface area contributed by atoms with Gasteiger partial charge in [-0.3, -0.25) is 0 Å². The highest BCUT2D eigenvalue weighted by atomic mass is 19.2. The van der Waals surface area contributed by atoms with E-state index >= 15 is 0 Å². The Morgan fingerprint density at radius 3 is 2.21 bits per heavy atom. The lowest BCUT2D eigenvalue weighted by Crippen LogP contribution is -2.16. The molecule has 0 aromatic heterocycles. The minimum absolute atomic E-state index is 0.0494. The predicted molar refractivity (Wildman–Crippen MR) is 80.8 cm³/mol. The molecule has 0 bridgehead atoms. The first-order chi connectivity index (χ1) is 11.1. The first-order valence-corrected chi connectivity index (χ1v) is 7.63. The minimum atomic E-state index is -1.42. The van der Waals surface area contributed by atoms with Crippen molar-refractivity contribution in [2.45, 2.75) is 40.4 Å². The lowest BCUT2D eigenvalue weighted by molar-refractivity contribution is 0.0262.